The van der Waals surface area contributed by atoms with Crippen LogP contribution in [-0.2, 0) is 42.9 Å². The number of carbonyl (C=O) groups is 4. The second-order valence-corrected chi connectivity index (χ2v) is 12.9. The van der Waals surface area contributed by atoms with Crippen molar-refractivity contribution in [3.05, 3.63) is 36.3 Å². The van der Waals surface area contributed by atoms with Crippen LogP contribution in [0.3, 0.4) is 0 Å². The number of Topliss-reactive ketones (excluding diaryl/α,β-unsaturated/α-hetero) is 1. The molecule has 0 aromatic carbocycles. The first-order chi connectivity index (χ1) is 18.9. The summed E-state index contributed by atoms with van der Waals surface area (Å²) in [5.74, 6) is -7.10. The molecule has 1 spiro atoms. The fourth-order valence-electron chi connectivity index (χ4n) is 9.17. The maximum absolute atomic E-state index is 14.6. The molecule has 222 valence electrons. The number of cyclic esters (lactones) is 2. The first kappa shape index (κ1) is 28.1. The molecule has 1 aromatic heterocycles. The van der Waals surface area contributed by atoms with Crippen molar-refractivity contribution in [1.29, 1.82) is 0 Å². The third-order valence-corrected chi connectivity index (χ3v) is 11.1. The zero-order chi connectivity index (χ0) is 30.2. The molecule has 4 heterocycles. The zero-order valence-corrected chi connectivity index (χ0v) is 23.9. The second kappa shape index (κ2) is 7.85. The molecule has 0 unspecified atom stereocenters. The Bertz CT molecular complexity index is 1400. The minimum atomic E-state index is -2.77. The summed E-state index contributed by atoms with van der Waals surface area (Å²) in [6.07, 6.45) is 1.90. The Morgan fingerprint density at radius 1 is 1.07 bits per heavy atom. The molecular weight excluding hydrogens is 540 g/mol. The number of ketones is 1. The summed E-state index contributed by atoms with van der Waals surface area (Å²) >= 11 is 0. The number of esters is 3. The fourth-order valence-corrected chi connectivity index (χ4v) is 9.17. The third-order valence-electron chi connectivity index (χ3n) is 11.1. The van der Waals surface area contributed by atoms with Crippen molar-refractivity contribution < 1.29 is 57.5 Å². The number of hydrogen-bond donors (Lipinski definition) is 2. The molecule has 0 bridgehead atoms. The normalized spacial score (nSPS) is 49.3. The Balaban J connectivity index is 1.70. The summed E-state index contributed by atoms with van der Waals surface area (Å²) in [5.41, 5.74) is -10.4. The van der Waals surface area contributed by atoms with Gasteiger partial charge in [0.2, 0.25) is 11.6 Å². The third kappa shape index (κ3) is 2.76. The average Bonchev–Trinajstić information content (AvgIpc) is 3.48. The number of rotatable bonds is 3. The van der Waals surface area contributed by atoms with Crippen molar-refractivity contribution in [2.75, 3.05) is 7.11 Å². The highest BCUT2D eigenvalue weighted by atomic mass is 16.7. The summed E-state index contributed by atoms with van der Waals surface area (Å²) in [6.45, 7) is 8.88. The highest BCUT2D eigenvalue weighted by Crippen LogP contribution is 2.81. The van der Waals surface area contributed by atoms with Crippen LogP contribution in [0.1, 0.15) is 59.6 Å². The van der Waals surface area contributed by atoms with Crippen molar-refractivity contribution in [1.82, 2.24) is 0 Å². The Labute approximate surface area is 235 Å². The number of carbonyl (C=O) groups excluding carboxylic acids is 4. The molecular formula is C29H34O12. The Morgan fingerprint density at radius 2 is 1.76 bits per heavy atom. The highest BCUT2D eigenvalue weighted by molar-refractivity contribution is 6.00. The maximum atomic E-state index is 14.6. The monoisotopic (exact) mass is 574 g/mol. The summed E-state index contributed by atoms with van der Waals surface area (Å²) in [4.78, 5) is 53.4. The van der Waals surface area contributed by atoms with Gasteiger partial charge in [-0.25, -0.2) is 9.59 Å². The lowest BCUT2D eigenvalue weighted by Crippen LogP contribution is -2.86. The molecule has 2 N–H and O–H groups in total. The number of epoxide rings is 1. The highest BCUT2D eigenvalue weighted by Gasteiger charge is 2.95. The standard InChI is InChI=1S/C29H34O12/c1-14(30)38-17-12-16-24(4)10-8-18(31)40-23(2,3)27(24,34)22(33)29(35,36-7)26(16,6)28-20(41-28)21(32)39-19(25(17,28)5)15-9-11-37-13-15/h8-11,13,16-17,19-20,34-35H,12H2,1-7H3/t16-,17+,19-,20+,24+,25-,26+,27+,28+,29+/m0/s1. The van der Waals surface area contributed by atoms with Gasteiger partial charge in [-0.2, -0.15) is 0 Å². The number of hydrogen-bond acceptors (Lipinski definition) is 12. The van der Waals surface area contributed by atoms with Crippen LogP contribution in [0.5, 0.6) is 0 Å². The number of ether oxygens (including phenoxy) is 5. The lowest BCUT2D eigenvalue weighted by molar-refractivity contribution is -0.364. The van der Waals surface area contributed by atoms with Crippen LogP contribution < -0.4 is 0 Å². The van der Waals surface area contributed by atoms with E-state index < -0.39 is 86.8 Å². The van der Waals surface area contributed by atoms with Gasteiger partial charge in [0.25, 0.3) is 0 Å². The van der Waals surface area contributed by atoms with Crippen LogP contribution in [-0.4, -0.2) is 75.8 Å². The van der Waals surface area contributed by atoms with E-state index in [0.29, 0.717) is 5.56 Å². The van der Waals surface area contributed by atoms with E-state index in [9.17, 15) is 29.4 Å². The molecule has 2 saturated heterocycles. The lowest BCUT2D eigenvalue weighted by atomic mass is 9.34. The van der Waals surface area contributed by atoms with Crippen LogP contribution in [0.2, 0.25) is 0 Å². The van der Waals surface area contributed by atoms with Crippen molar-refractivity contribution in [3.8, 4) is 0 Å². The molecule has 2 saturated carbocycles. The van der Waals surface area contributed by atoms with E-state index in [-0.39, 0.29) is 6.42 Å². The van der Waals surface area contributed by atoms with E-state index in [1.54, 1.807) is 26.8 Å². The molecule has 0 radical (unpaired) electrons. The van der Waals surface area contributed by atoms with Crippen LogP contribution in [0.25, 0.3) is 0 Å². The van der Waals surface area contributed by atoms with Gasteiger partial charge < -0.3 is 38.3 Å². The first-order valence-corrected chi connectivity index (χ1v) is 13.5. The van der Waals surface area contributed by atoms with Crippen molar-refractivity contribution >= 4 is 23.7 Å². The maximum Gasteiger partial charge on any atom is 0.339 e. The van der Waals surface area contributed by atoms with E-state index >= 15 is 0 Å². The quantitative estimate of drug-likeness (QED) is 0.231. The van der Waals surface area contributed by atoms with E-state index in [0.717, 1.165) is 13.2 Å². The molecule has 12 nitrogen and oxygen atoms in total. The van der Waals surface area contributed by atoms with Crippen molar-refractivity contribution in [3.63, 3.8) is 0 Å². The molecule has 6 rings (SSSR count). The molecule has 41 heavy (non-hydrogen) atoms. The van der Waals surface area contributed by atoms with Gasteiger partial charge in [-0.05, 0) is 39.2 Å². The summed E-state index contributed by atoms with van der Waals surface area (Å²) in [5, 5.41) is 24.9. The van der Waals surface area contributed by atoms with Crippen molar-refractivity contribution in [2.24, 2.45) is 22.2 Å². The van der Waals surface area contributed by atoms with Crippen LogP contribution >= 0.6 is 0 Å². The van der Waals surface area contributed by atoms with Gasteiger partial charge in [0.1, 0.15) is 23.4 Å². The van der Waals surface area contributed by atoms with Gasteiger partial charge >= 0.3 is 17.9 Å². The van der Waals surface area contributed by atoms with E-state index in [4.69, 9.17) is 28.1 Å². The van der Waals surface area contributed by atoms with Gasteiger partial charge in [0.05, 0.1) is 23.4 Å². The molecule has 10 atom stereocenters. The smallest absolute Gasteiger partial charge is 0.339 e. The molecule has 1 aromatic rings. The zero-order valence-electron chi connectivity index (χ0n) is 23.9. The summed E-state index contributed by atoms with van der Waals surface area (Å²) < 4.78 is 34.6. The Kier molecular flexibility index (Phi) is 5.38. The molecule has 5 aliphatic rings. The molecule has 4 fully saturated rings. The summed E-state index contributed by atoms with van der Waals surface area (Å²) in [6, 6.07) is 1.60. The Hall–Kier alpha value is -3.06. The van der Waals surface area contributed by atoms with E-state index in [1.165, 1.54) is 39.4 Å². The van der Waals surface area contributed by atoms with Crippen LogP contribution in [0.15, 0.2) is 35.2 Å². The SMILES string of the molecule is CO[C@]1(O)C(=O)[C@@]2(O)C(C)(C)OC(=O)C=C[C@]2(C)[C@@H]2C[C@@H](OC(C)=O)[C@@]3(C)[C@H](c4ccoc4)OC(=O)[C@H]4O[C@]43[C@@]21C. The predicted octanol–water partition coefficient (Wildman–Crippen LogP) is 1.53. The fraction of sp³-hybridized carbons (Fsp3) is 0.655. The molecule has 0 amide bonds. The molecule has 3 aliphatic heterocycles. The Morgan fingerprint density at radius 3 is 2.34 bits per heavy atom. The van der Waals surface area contributed by atoms with Crippen LogP contribution in [0.4, 0.5) is 0 Å². The minimum absolute atomic E-state index is 0.0529. The van der Waals surface area contributed by atoms with Crippen LogP contribution in [0, 0.1) is 22.2 Å². The van der Waals surface area contributed by atoms with Gasteiger partial charge in [0.15, 0.2) is 11.7 Å². The molecule has 12 heteroatoms. The second-order valence-electron chi connectivity index (χ2n) is 12.9. The van der Waals surface area contributed by atoms with Gasteiger partial charge in [-0.15, -0.1) is 0 Å². The largest absolute Gasteiger partial charge is 0.472 e. The number of methoxy groups -OCH3 is 1. The number of furan rings is 1. The minimum Gasteiger partial charge on any atom is -0.472 e. The average molecular weight is 575 g/mol. The van der Waals surface area contributed by atoms with Gasteiger partial charge in [0, 0.05) is 31.1 Å². The summed E-state index contributed by atoms with van der Waals surface area (Å²) in [7, 11) is 1.12. The van der Waals surface area contributed by atoms with Gasteiger partial charge in [-0.1, -0.05) is 19.9 Å². The van der Waals surface area contributed by atoms with E-state index in [2.05, 4.69) is 0 Å². The molecule has 2 aliphatic carbocycles. The first-order valence-electron chi connectivity index (χ1n) is 13.5. The number of fused-ring (bicyclic) bond motifs is 3. The van der Waals surface area contributed by atoms with Crippen molar-refractivity contribution in [2.45, 2.75) is 88.9 Å². The van der Waals surface area contributed by atoms with Gasteiger partial charge in [-0.3, -0.25) is 9.59 Å². The topological polar surface area (TPSA) is 171 Å². The number of aliphatic hydroxyl groups is 2. The van der Waals surface area contributed by atoms with E-state index in [1.807, 2.05) is 0 Å². The predicted molar refractivity (Wildman–Crippen MR) is 134 cm³/mol. The lowest BCUT2D eigenvalue weighted by Gasteiger charge is -2.71.